The van der Waals surface area contributed by atoms with Gasteiger partial charge in [-0.3, -0.25) is 9.89 Å². The van der Waals surface area contributed by atoms with Gasteiger partial charge in [0.25, 0.3) is 0 Å². The SMILES string of the molecule is Cc1n[nH]c(C)c1C(C)C(=O)N1CCN(c2cccc(F)c2F)CC1. The number of aromatic amines is 1. The molecule has 1 saturated heterocycles. The lowest BCUT2D eigenvalue weighted by Gasteiger charge is -2.37. The fraction of sp³-hybridized carbons (Fsp3) is 0.444. The molecule has 7 heteroatoms. The lowest BCUT2D eigenvalue weighted by Crippen LogP contribution is -2.50. The summed E-state index contributed by atoms with van der Waals surface area (Å²) in [5, 5.41) is 7.06. The zero-order valence-electron chi connectivity index (χ0n) is 14.6. The van der Waals surface area contributed by atoms with Crippen LogP contribution in [-0.2, 0) is 4.79 Å². The highest BCUT2D eigenvalue weighted by atomic mass is 19.2. The molecule has 1 aliphatic heterocycles. The zero-order valence-corrected chi connectivity index (χ0v) is 14.6. The quantitative estimate of drug-likeness (QED) is 0.928. The highest BCUT2D eigenvalue weighted by Crippen LogP contribution is 2.26. The Bertz CT molecular complexity index is 762. The minimum atomic E-state index is -0.851. The van der Waals surface area contributed by atoms with Gasteiger partial charge in [0.2, 0.25) is 5.91 Å². The van der Waals surface area contributed by atoms with E-state index in [0.717, 1.165) is 23.0 Å². The fourth-order valence-electron chi connectivity index (χ4n) is 3.50. The number of carbonyl (C=O) groups is 1. The van der Waals surface area contributed by atoms with E-state index >= 15 is 0 Å². The lowest BCUT2D eigenvalue weighted by atomic mass is 9.97. The number of H-pyrrole nitrogens is 1. The van der Waals surface area contributed by atoms with Gasteiger partial charge in [0.15, 0.2) is 11.6 Å². The molecule has 0 spiro atoms. The number of aromatic nitrogens is 2. The summed E-state index contributed by atoms with van der Waals surface area (Å²) >= 11 is 0. The normalized spacial score (nSPS) is 16.2. The van der Waals surface area contributed by atoms with E-state index in [2.05, 4.69) is 10.2 Å². The van der Waals surface area contributed by atoms with E-state index in [1.54, 1.807) is 15.9 Å². The number of nitrogens with one attached hydrogen (secondary N) is 1. The van der Waals surface area contributed by atoms with Gasteiger partial charge in [-0.25, -0.2) is 8.78 Å². The molecule has 134 valence electrons. The minimum absolute atomic E-state index is 0.0342. The largest absolute Gasteiger partial charge is 0.366 e. The van der Waals surface area contributed by atoms with Crippen molar-refractivity contribution in [2.24, 2.45) is 0 Å². The first-order valence-electron chi connectivity index (χ1n) is 8.39. The first-order valence-corrected chi connectivity index (χ1v) is 8.39. The summed E-state index contributed by atoms with van der Waals surface area (Å²) in [5.74, 6) is -1.93. The summed E-state index contributed by atoms with van der Waals surface area (Å²) in [6.07, 6.45) is 0. The van der Waals surface area contributed by atoms with Crippen LogP contribution in [0.2, 0.25) is 0 Å². The second-order valence-electron chi connectivity index (χ2n) is 6.45. The topological polar surface area (TPSA) is 52.2 Å². The van der Waals surface area contributed by atoms with Gasteiger partial charge in [0, 0.05) is 37.4 Å². The van der Waals surface area contributed by atoms with Crippen molar-refractivity contribution in [3.05, 3.63) is 46.8 Å². The van der Waals surface area contributed by atoms with Crippen molar-refractivity contribution in [2.75, 3.05) is 31.1 Å². The smallest absolute Gasteiger partial charge is 0.230 e. The summed E-state index contributed by atoms with van der Waals surface area (Å²) < 4.78 is 27.3. The maximum atomic E-state index is 13.9. The van der Waals surface area contributed by atoms with Crippen LogP contribution in [0.4, 0.5) is 14.5 Å². The lowest BCUT2D eigenvalue weighted by molar-refractivity contribution is -0.132. The second-order valence-corrected chi connectivity index (χ2v) is 6.45. The summed E-state index contributed by atoms with van der Waals surface area (Å²) in [7, 11) is 0. The molecule has 2 heterocycles. The molecule has 1 aliphatic rings. The Morgan fingerprint density at radius 3 is 2.48 bits per heavy atom. The Morgan fingerprint density at radius 1 is 1.20 bits per heavy atom. The molecule has 1 aromatic carbocycles. The summed E-state index contributed by atoms with van der Waals surface area (Å²) in [4.78, 5) is 16.4. The van der Waals surface area contributed by atoms with Crippen molar-refractivity contribution in [3.63, 3.8) is 0 Å². The van der Waals surface area contributed by atoms with Crippen LogP contribution in [0.5, 0.6) is 0 Å². The number of aryl methyl sites for hydroxylation is 2. The van der Waals surface area contributed by atoms with E-state index in [-0.39, 0.29) is 17.5 Å². The van der Waals surface area contributed by atoms with Crippen LogP contribution in [0.3, 0.4) is 0 Å². The molecule has 1 amide bonds. The number of halogens is 2. The Hall–Kier alpha value is -2.44. The second kappa shape index (κ2) is 6.82. The third-order valence-corrected chi connectivity index (χ3v) is 4.85. The summed E-state index contributed by atoms with van der Waals surface area (Å²) in [6, 6.07) is 4.17. The molecular formula is C18H22F2N4O. The maximum Gasteiger partial charge on any atom is 0.230 e. The molecule has 1 unspecified atom stereocenters. The van der Waals surface area contributed by atoms with Crippen molar-refractivity contribution in [1.29, 1.82) is 0 Å². The first-order chi connectivity index (χ1) is 11.9. The molecule has 1 aromatic heterocycles. The third kappa shape index (κ3) is 3.23. The molecule has 25 heavy (non-hydrogen) atoms. The minimum Gasteiger partial charge on any atom is -0.366 e. The highest BCUT2D eigenvalue weighted by molar-refractivity contribution is 5.84. The standard InChI is InChI=1S/C18H22F2N4O/c1-11(16-12(2)21-22-13(16)3)18(25)24-9-7-23(8-10-24)15-6-4-5-14(19)17(15)20/h4-6,11H,7-10H2,1-3H3,(H,21,22). The summed E-state index contributed by atoms with van der Waals surface area (Å²) in [5.41, 5.74) is 2.92. The predicted octanol–water partition coefficient (Wildman–Crippen LogP) is 2.76. The van der Waals surface area contributed by atoms with Gasteiger partial charge in [-0.2, -0.15) is 5.10 Å². The first kappa shape index (κ1) is 17.4. The molecule has 0 aliphatic carbocycles. The Labute approximate surface area is 145 Å². The van der Waals surface area contributed by atoms with E-state index < -0.39 is 11.6 Å². The van der Waals surface area contributed by atoms with Crippen molar-refractivity contribution in [1.82, 2.24) is 15.1 Å². The molecule has 0 saturated carbocycles. The Balaban J connectivity index is 1.68. The number of rotatable bonds is 3. The Morgan fingerprint density at radius 2 is 1.88 bits per heavy atom. The third-order valence-electron chi connectivity index (χ3n) is 4.85. The van der Waals surface area contributed by atoms with Crippen LogP contribution in [0.1, 0.15) is 29.8 Å². The molecule has 1 fully saturated rings. The van der Waals surface area contributed by atoms with Gasteiger partial charge in [-0.05, 0) is 32.9 Å². The molecule has 5 nitrogen and oxygen atoms in total. The number of nitrogens with zero attached hydrogens (tertiary/aromatic N) is 3. The molecule has 0 bridgehead atoms. The van der Waals surface area contributed by atoms with Gasteiger partial charge >= 0.3 is 0 Å². The van der Waals surface area contributed by atoms with Crippen LogP contribution in [0.25, 0.3) is 0 Å². The van der Waals surface area contributed by atoms with E-state index in [1.165, 1.54) is 6.07 Å². The van der Waals surface area contributed by atoms with Crippen LogP contribution in [0, 0.1) is 25.5 Å². The number of hydrogen-bond acceptors (Lipinski definition) is 3. The van der Waals surface area contributed by atoms with Crippen molar-refractivity contribution in [2.45, 2.75) is 26.7 Å². The molecule has 1 N–H and O–H groups in total. The molecular weight excluding hydrogens is 326 g/mol. The number of amides is 1. The van der Waals surface area contributed by atoms with Crippen LogP contribution >= 0.6 is 0 Å². The highest BCUT2D eigenvalue weighted by Gasteiger charge is 2.29. The number of benzene rings is 1. The van der Waals surface area contributed by atoms with Crippen LogP contribution in [-0.4, -0.2) is 47.2 Å². The maximum absolute atomic E-state index is 13.9. The Kier molecular flexibility index (Phi) is 4.74. The fourth-order valence-corrected chi connectivity index (χ4v) is 3.50. The number of hydrogen-bond donors (Lipinski definition) is 1. The summed E-state index contributed by atoms with van der Waals surface area (Å²) in [6.45, 7) is 7.58. The van der Waals surface area contributed by atoms with Crippen LogP contribution < -0.4 is 4.90 Å². The molecule has 1 atom stereocenters. The molecule has 2 aromatic rings. The number of carbonyl (C=O) groups excluding carboxylic acids is 1. The van der Waals surface area contributed by atoms with Gasteiger partial charge in [-0.1, -0.05) is 6.07 Å². The van der Waals surface area contributed by atoms with E-state index in [1.807, 2.05) is 20.8 Å². The predicted molar refractivity (Wildman–Crippen MR) is 91.6 cm³/mol. The average Bonchev–Trinajstić information content (AvgIpc) is 2.95. The zero-order chi connectivity index (χ0) is 18.1. The molecule has 0 radical (unpaired) electrons. The number of piperazine rings is 1. The van der Waals surface area contributed by atoms with Crippen LogP contribution in [0.15, 0.2) is 18.2 Å². The van der Waals surface area contributed by atoms with Crippen molar-refractivity contribution in [3.8, 4) is 0 Å². The van der Waals surface area contributed by atoms with Gasteiger partial charge < -0.3 is 9.80 Å². The van der Waals surface area contributed by atoms with Crippen molar-refractivity contribution < 1.29 is 13.6 Å². The van der Waals surface area contributed by atoms with Crippen molar-refractivity contribution >= 4 is 11.6 Å². The molecule has 3 rings (SSSR count). The average molecular weight is 348 g/mol. The van der Waals surface area contributed by atoms with Gasteiger partial charge in [-0.15, -0.1) is 0 Å². The number of anilines is 1. The van der Waals surface area contributed by atoms with E-state index in [4.69, 9.17) is 0 Å². The monoisotopic (exact) mass is 348 g/mol. The van der Waals surface area contributed by atoms with Gasteiger partial charge in [0.1, 0.15) is 0 Å². The van der Waals surface area contributed by atoms with E-state index in [9.17, 15) is 13.6 Å². The van der Waals surface area contributed by atoms with Gasteiger partial charge in [0.05, 0.1) is 17.3 Å². The van der Waals surface area contributed by atoms with E-state index in [0.29, 0.717) is 26.2 Å².